The number of ether oxygens (including phenoxy) is 1. The summed E-state index contributed by atoms with van der Waals surface area (Å²) in [5.41, 5.74) is 0.398. The number of amides is 2. The van der Waals surface area contributed by atoms with Gasteiger partial charge >= 0.3 is 6.09 Å². The lowest BCUT2D eigenvalue weighted by Crippen LogP contribution is -2.44. The molecule has 2 rings (SSSR count). The van der Waals surface area contributed by atoms with E-state index in [9.17, 15) is 9.59 Å². The SMILES string of the molecule is CC(C)(C)OC(=O)N1CCc2nc(Cl)ccc2C1=O. The van der Waals surface area contributed by atoms with Gasteiger partial charge < -0.3 is 4.74 Å². The van der Waals surface area contributed by atoms with Gasteiger partial charge in [0.1, 0.15) is 10.8 Å². The van der Waals surface area contributed by atoms with Crippen molar-refractivity contribution < 1.29 is 14.3 Å². The van der Waals surface area contributed by atoms with E-state index < -0.39 is 11.7 Å². The van der Waals surface area contributed by atoms with Crippen molar-refractivity contribution in [3.8, 4) is 0 Å². The van der Waals surface area contributed by atoms with Crippen LogP contribution in [0.5, 0.6) is 0 Å². The lowest BCUT2D eigenvalue weighted by atomic mass is 10.1. The number of nitrogens with zero attached hydrogens (tertiary/aromatic N) is 2. The van der Waals surface area contributed by atoms with Gasteiger partial charge in [0.25, 0.3) is 5.91 Å². The van der Waals surface area contributed by atoms with Gasteiger partial charge in [-0.3, -0.25) is 4.79 Å². The van der Waals surface area contributed by atoms with Crippen LogP contribution in [0, 0.1) is 0 Å². The Hall–Kier alpha value is -1.62. The van der Waals surface area contributed by atoms with Gasteiger partial charge in [0.15, 0.2) is 0 Å². The average Bonchev–Trinajstić information content (AvgIpc) is 2.26. The van der Waals surface area contributed by atoms with Crippen molar-refractivity contribution >= 4 is 23.6 Å². The summed E-state index contributed by atoms with van der Waals surface area (Å²) in [4.78, 5) is 29.3. The predicted octanol–water partition coefficient (Wildman–Crippen LogP) is 2.67. The van der Waals surface area contributed by atoms with Crippen LogP contribution in [0.25, 0.3) is 0 Å². The van der Waals surface area contributed by atoms with Gasteiger partial charge in [0.2, 0.25) is 0 Å². The minimum atomic E-state index is -0.629. The van der Waals surface area contributed by atoms with Crippen molar-refractivity contribution in [2.45, 2.75) is 32.8 Å². The normalized spacial score (nSPS) is 15.2. The molecule has 2 heterocycles. The minimum absolute atomic E-state index is 0.258. The Morgan fingerprint density at radius 1 is 1.42 bits per heavy atom. The second-order valence-electron chi connectivity index (χ2n) is 5.32. The Balaban J connectivity index is 2.22. The lowest BCUT2D eigenvalue weighted by molar-refractivity contribution is 0.0232. The first-order chi connectivity index (χ1) is 8.78. The third-order valence-corrected chi connectivity index (χ3v) is 2.81. The fraction of sp³-hybridized carbons (Fsp3) is 0.462. The van der Waals surface area contributed by atoms with E-state index in [0.29, 0.717) is 22.8 Å². The first kappa shape index (κ1) is 13.8. The molecule has 0 spiro atoms. The fourth-order valence-corrected chi connectivity index (χ4v) is 1.98. The highest BCUT2D eigenvalue weighted by Crippen LogP contribution is 2.21. The molecule has 5 nitrogen and oxygen atoms in total. The van der Waals surface area contributed by atoms with Crippen molar-refractivity contribution in [3.63, 3.8) is 0 Å². The standard InChI is InChI=1S/C13H15ClN2O3/c1-13(2,3)19-12(18)16-7-6-9-8(11(16)17)4-5-10(14)15-9/h4-5H,6-7H2,1-3H3. The molecule has 1 aliphatic heterocycles. The molecular formula is C13H15ClN2O3. The molecule has 1 aliphatic rings. The van der Waals surface area contributed by atoms with Crippen molar-refractivity contribution in [3.05, 3.63) is 28.5 Å². The van der Waals surface area contributed by atoms with E-state index in [1.54, 1.807) is 26.8 Å². The molecule has 0 saturated carbocycles. The Bertz CT molecular complexity index is 537. The van der Waals surface area contributed by atoms with E-state index in [1.807, 2.05) is 0 Å². The van der Waals surface area contributed by atoms with Gasteiger partial charge in [-0.15, -0.1) is 0 Å². The molecule has 0 radical (unpaired) electrons. The summed E-state index contributed by atoms with van der Waals surface area (Å²) in [7, 11) is 0. The number of imide groups is 1. The smallest absolute Gasteiger partial charge is 0.417 e. The first-order valence-corrected chi connectivity index (χ1v) is 6.36. The topological polar surface area (TPSA) is 59.5 Å². The van der Waals surface area contributed by atoms with Crippen LogP contribution in [0.4, 0.5) is 4.79 Å². The molecule has 0 aliphatic carbocycles. The summed E-state index contributed by atoms with van der Waals surface area (Å²) in [6.45, 7) is 5.53. The van der Waals surface area contributed by atoms with E-state index in [-0.39, 0.29) is 12.5 Å². The quantitative estimate of drug-likeness (QED) is 0.687. The number of hydrogen-bond donors (Lipinski definition) is 0. The summed E-state index contributed by atoms with van der Waals surface area (Å²) >= 11 is 5.78. The molecule has 19 heavy (non-hydrogen) atoms. The molecule has 0 bridgehead atoms. The largest absolute Gasteiger partial charge is 0.443 e. The molecule has 1 aromatic heterocycles. The molecule has 2 amide bonds. The summed E-state index contributed by atoms with van der Waals surface area (Å²) < 4.78 is 5.21. The predicted molar refractivity (Wildman–Crippen MR) is 70.2 cm³/mol. The number of aromatic nitrogens is 1. The first-order valence-electron chi connectivity index (χ1n) is 5.98. The Labute approximate surface area is 116 Å². The molecule has 0 atom stereocenters. The van der Waals surface area contributed by atoms with Crippen LogP contribution in [0.3, 0.4) is 0 Å². The molecule has 102 valence electrons. The van der Waals surface area contributed by atoms with E-state index in [2.05, 4.69) is 4.98 Å². The summed E-state index contributed by atoms with van der Waals surface area (Å²) in [5.74, 6) is -0.389. The third kappa shape index (κ3) is 3.04. The highest BCUT2D eigenvalue weighted by molar-refractivity contribution is 6.29. The van der Waals surface area contributed by atoms with Gasteiger partial charge in [-0.1, -0.05) is 11.6 Å². The lowest BCUT2D eigenvalue weighted by Gasteiger charge is -2.29. The van der Waals surface area contributed by atoms with E-state index in [0.717, 1.165) is 4.90 Å². The number of hydrogen-bond acceptors (Lipinski definition) is 4. The Kier molecular flexibility index (Phi) is 3.49. The van der Waals surface area contributed by atoms with Crippen molar-refractivity contribution in [1.29, 1.82) is 0 Å². The van der Waals surface area contributed by atoms with Crippen molar-refractivity contribution in [2.75, 3.05) is 6.54 Å². The van der Waals surface area contributed by atoms with Gasteiger partial charge in [0, 0.05) is 13.0 Å². The molecule has 6 heteroatoms. The maximum absolute atomic E-state index is 12.2. The van der Waals surface area contributed by atoms with Crippen LogP contribution in [-0.4, -0.2) is 34.0 Å². The zero-order chi connectivity index (χ0) is 14.2. The molecule has 0 saturated heterocycles. The third-order valence-electron chi connectivity index (χ3n) is 2.60. The number of carbonyl (C=O) groups excluding carboxylic acids is 2. The molecular weight excluding hydrogens is 268 g/mol. The molecule has 0 N–H and O–H groups in total. The van der Waals surface area contributed by atoms with E-state index in [1.165, 1.54) is 6.07 Å². The molecule has 0 aromatic carbocycles. The van der Waals surface area contributed by atoms with Crippen LogP contribution in [0.2, 0.25) is 5.15 Å². The number of carbonyl (C=O) groups is 2. The Morgan fingerprint density at radius 2 is 2.11 bits per heavy atom. The summed E-state index contributed by atoms with van der Waals surface area (Å²) in [6.07, 6.45) is -0.140. The molecule has 0 unspecified atom stereocenters. The van der Waals surface area contributed by atoms with Crippen LogP contribution >= 0.6 is 11.6 Å². The van der Waals surface area contributed by atoms with Gasteiger partial charge in [-0.25, -0.2) is 14.7 Å². The minimum Gasteiger partial charge on any atom is -0.443 e. The number of rotatable bonds is 0. The number of pyridine rings is 1. The molecule has 0 fully saturated rings. The molecule has 1 aromatic rings. The maximum Gasteiger partial charge on any atom is 0.417 e. The zero-order valence-corrected chi connectivity index (χ0v) is 11.8. The monoisotopic (exact) mass is 282 g/mol. The van der Waals surface area contributed by atoms with E-state index >= 15 is 0 Å². The average molecular weight is 283 g/mol. The summed E-state index contributed by atoms with van der Waals surface area (Å²) in [5, 5.41) is 0.345. The zero-order valence-electron chi connectivity index (χ0n) is 11.1. The van der Waals surface area contributed by atoms with Crippen LogP contribution in [0.1, 0.15) is 36.8 Å². The highest BCUT2D eigenvalue weighted by Gasteiger charge is 2.32. The van der Waals surface area contributed by atoms with Gasteiger partial charge in [0.05, 0.1) is 11.3 Å². The van der Waals surface area contributed by atoms with Gasteiger partial charge in [-0.2, -0.15) is 0 Å². The van der Waals surface area contributed by atoms with Crippen LogP contribution in [0.15, 0.2) is 12.1 Å². The fourth-order valence-electron chi connectivity index (χ4n) is 1.82. The van der Waals surface area contributed by atoms with Gasteiger partial charge in [-0.05, 0) is 32.9 Å². The number of halogens is 1. The van der Waals surface area contributed by atoms with Crippen LogP contribution in [-0.2, 0) is 11.2 Å². The maximum atomic E-state index is 12.2. The van der Waals surface area contributed by atoms with Crippen molar-refractivity contribution in [2.24, 2.45) is 0 Å². The Morgan fingerprint density at radius 3 is 2.74 bits per heavy atom. The highest BCUT2D eigenvalue weighted by atomic mass is 35.5. The second kappa shape index (κ2) is 4.81. The number of fused-ring (bicyclic) bond motifs is 1. The van der Waals surface area contributed by atoms with Crippen LogP contribution < -0.4 is 0 Å². The second-order valence-corrected chi connectivity index (χ2v) is 5.70. The van der Waals surface area contributed by atoms with Crippen molar-refractivity contribution in [1.82, 2.24) is 9.88 Å². The van der Waals surface area contributed by atoms with E-state index in [4.69, 9.17) is 16.3 Å². The summed E-state index contributed by atoms with van der Waals surface area (Å²) in [6, 6.07) is 3.13.